The van der Waals surface area contributed by atoms with Crippen LogP contribution in [-0.4, -0.2) is 30.7 Å². The second-order valence-corrected chi connectivity index (χ2v) is 3.99. The third-order valence-electron chi connectivity index (χ3n) is 2.46. The third-order valence-corrected chi connectivity index (χ3v) is 2.46. The first-order valence-electron chi connectivity index (χ1n) is 6.57. The monoisotopic (exact) mass is 280 g/mol. The molecule has 0 radical (unpaired) electrons. The smallest absolute Gasteiger partial charge is 0.305 e. The van der Waals surface area contributed by atoms with E-state index >= 15 is 0 Å². The molecule has 0 heterocycles. The molecule has 0 saturated carbocycles. The number of nitrogens with one attached hydrogen (secondary N) is 1. The second kappa shape index (κ2) is 9.80. The Bertz CT molecular complexity index is 418. The van der Waals surface area contributed by atoms with Crippen LogP contribution < -0.4 is 10.2 Å². The summed E-state index contributed by atoms with van der Waals surface area (Å²) < 4.78 is 10.4. The molecule has 0 aliphatic rings. The van der Waals surface area contributed by atoms with E-state index in [1.54, 1.807) is 31.2 Å². The molecule has 110 valence electrons. The summed E-state index contributed by atoms with van der Waals surface area (Å²) in [5, 5.41) is 8.36. The second-order valence-electron chi connectivity index (χ2n) is 3.99. The zero-order valence-electron chi connectivity index (χ0n) is 11.5. The van der Waals surface area contributed by atoms with Crippen LogP contribution in [0, 0.1) is 0 Å². The molecule has 0 amide bonds. The Morgan fingerprint density at radius 3 is 2.75 bits per heavy atom. The maximum atomic E-state index is 11.1. The first-order valence-corrected chi connectivity index (χ1v) is 6.57. The molecule has 6 nitrogen and oxygen atoms in total. The number of carbonyl (C=O) groups excluding carboxylic acids is 1. The van der Waals surface area contributed by atoms with Crippen LogP contribution in [0.3, 0.4) is 0 Å². The Morgan fingerprint density at radius 2 is 2.10 bits per heavy atom. The summed E-state index contributed by atoms with van der Waals surface area (Å²) in [6.45, 7) is 2.78. The van der Waals surface area contributed by atoms with Gasteiger partial charge in [-0.1, -0.05) is 0 Å². The summed E-state index contributed by atoms with van der Waals surface area (Å²) in [4.78, 5) is 15.0. The molecule has 0 atom stereocenters. The number of nitrogens with zero attached hydrogens (tertiary/aromatic N) is 1. The average Bonchev–Trinajstić information content (AvgIpc) is 2.46. The van der Waals surface area contributed by atoms with E-state index in [0.717, 1.165) is 18.6 Å². The lowest BCUT2D eigenvalue weighted by Gasteiger charge is -2.06. The summed E-state index contributed by atoms with van der Waals surface area (Å²) >= 11 is 0. The zero-order valence-corrected chi connectivity index (χ0v) is 11.5. The van der Waals surface area contributed by atoms with Crippen LogP contribution in [0.4, 0.5) is 5.69 Å². The van der Waals surface area contributed by atoms with Gasteiger partial charge in [0.15, 0.2) is 0 Å². The highest BCUT2D eigenvalue weighted by Crippen LogP contribution is 2.17. The quantitative estimate of drug-likeness (QED) is 0.239. The van der Waals surface area contributed by atoms with Crippen molar-refractivity contribution in [1.29, 1.82) is 0 Å². The first-order chi connectivity index (χ1) is 9.76. The van der Waals surface area contributed by atoms with Crippen molar-refractivity contribution >= 4 is 18.0 Å². The van der Waals surface area contributed by atoms with Crippen LogP contribution in [-0.2, 0) is 9.53 Å². The van der Waals surface area contributed by atoms with E-state index in [-0.39, 0.29) is 5.97 Å². The fourth-order valence-electron chi connectivity index (χ4n) is 1.53. The van der Waals surface area contributed by atoms with Crippen molar-refractivity contribution in [3.63, 3.8) is 0 Å². The SMILES string of the molecule is CCOC(=O)CCCCOc1ccc(N=CNO)cc1. The molecule has 6 heteroatoms. The summed E-state index contributed by atoms with van der Waals surface area (Å²) in [7, 11) is 0. The van der Waals surface area contributed by atoms with E-state index in [0.29, 0.717) is 25.3 Å². The Hall–Kier alpha value is -2.08. The Morgan fingerprint density at radius 1 is 1.35 bits per heavy atom. The maximum Gasteiger partial charge on any atom is 0.305 e. The van der Waals surface area contributed by atoms with Gasteiger partial charge in [0.05, 0.1) is 18.9 Å². The highest BCUT2D eigenvalue weighted by Gasteiger charge is 2.01. The minimum atomic E-state index is -0.160. The molecule has 1 rings (SSSR count). The van der Waals surface area contributed by atoms with Crippen molar-refractivity contribution in [2.24, 2.45) is 4.99 Å². The molecule has 0 fully saturated rings. The van der Waals surface area contributed by atoms with E-state index in [2.05, 4.69) is 4.99 Å². The number of benzene rings is 1. The molecule has 0 aliphatic heterocycles. The lowest BCUT2D eigenvalue weighted by molar-refractivity contribution is -0.143. The van der Waals surface area contributed by atoms with Crippen molar-refractivity contribution in [3.8, 4) is 5.75 Å². The normalized spacial score (nSPS) is 10.5. The van der Waals surface area contributed by atoms with E-state index in [1.807, 2.05) is 5.48 Å². The fourth-order valence-corrected chi connectivity index (χ4v) is 1.53. The van der Waals surface area contributed by atoms with Gasteiger partial charge >= 0.3 is 5.97 Å². The molecule has 2 N–H and O–H groups in total. The van der Waals surface area contributed by atoms with Gasteiger partial charge in [0.25, 0.3) is 0 Å². The van der Waals surface area contributed by atoms with Crippen molar-refractivity contribution in [3.05, 3.63) is 24.3 Å². The lowest BCUT2D eigenvalue weighted by Crippen LogP contribution is -2.05. The molecule has 1 aromatic rings. The zero-order chi connectivity index (χ0) is 14.6. The van der Waals surface area contributed by atoms with Crippen LogP contribution in [0.15, 0.2) is 29.3 Å². The average molecular weight is 280 g/mol. The predicted molar refractivity (Wildman–Crippen MR) is 75.5 cm³/mol. The molecule has 0 unspecified atom stereocenters. The highest BCUT2D eigenvalue weighted by molar-refractivity contribution is 5.69. The standard InChI is InChI=1S/C14H20N2O4/c1-2-19-14(17)5-3-4-10-20-13-8-6-12(7-9-13)15-11-16-18/h6-9,11,18H,2-5,10H2,1H3,(H,15,16). The third kappa shape index (κ3) is 6.75. The van der Waals surface area contributed by atoms with E-state index < -0.39 is 0 Å². The number of unbranched alkanes of at least 4 members (excludes halogenated alkanes) is 1. The van der Waals surface area contributed by atoms with Gasteiger partial charge in [0.1, 0.15) is 12.1 Å². The van der Waals surface area contributed by atoms with Crippen molar-refractivity contribution in [2.75, 3.05) is 13.2 Å². The van der Waals surface area contributed by atoms with Gasteiger partial charge in [-0.2, -0.15) is 0 Å². The Kier molecular flexibility index (Phi) is 7.83. The summed E-state index contributed by atoms with van der Waals surface area (Å²) in [6.07, 6.45) is 3.17. The van der Waals surface area contributed by atoms with Gasteiger partial charge in [0.2, 0.25) is 0 Å². The molecule has 1 aromatic carbocycles. The number of ether oxygens (including phenoxy) is 2. The number of hydrogen-bond acceptors (Lipinski definition) is 5. The van der Waals surface area contributed by atoms with Crippen LogP contribution in [0.25, 0.3) is 0 Å². The fraction of sp³-hybridized carbons (Fsp3) is 0.429. The molecule has 0 bridgehead atoms. The number of hydrogen-bond donors (Lipinski definition) is 2. The minimum absolute atomic E-state index is 0.160. The molecule has 0 spiro atoms. The summed E-state index contributed by atoms with van der Waals surface area (Å²) in [6, 6.07) is 7.16. The molecule has 0 aromatic heterocycles. The summed E-state index contributed by atoms with van der Waals surface area (Å²) in [5.74, 6) is 0.587. The molecular weight excluding hydrogens is 260 g/mol. The van der Waals surface area contributed by atoms with Crippen LogP contribution in [0.5, 0.6) is 5.75 Å². The predicted octanol–water partition coefficient (Wildman–Crippen LogP) is 2.44. The van der Waals surface area contributed by atoms with Crippen LogP contribution in [0.1, 0.15) is 26.2 Å². The van der Waals surface area contributed by atoms with Gasteiger partial charge in [-0.15, -0.1) is 0 Å². The van der Waals surface area contributed by atoms with Gasteiger partial charge in [-0.05, 0) is 44.0 Å². The highest BCUT2D eigenvalue weighted by atomic mass is 16.5. The van der Waals surface area contributed by atoms with Crippen molar-refractivity contribution < 1.29 is 19.5 Å². The maximum absolute atomic E-state index is 11.1. The molecule has 0 aliphatic carbocycles. The Balaban J connectivity index is 2.19. The van der Waals surface area contributed by atoms with Gasteiger partial charge in [-0.3, -0.25) is 15.5 Å². The van der Waals surface area contributed by atoms with Crippen LogP contribution >= 0.6 is 0 Å². The summed E-state index contributed by atoms with van der Waals surface area (Å²) in [5.41, 5.74) is 2.55. The number of hydroxylamine groups is 1. The van der Waals surface area contributed by atoms with Crippen LogP contribution in [0.2, 0.25) is 0 Å². The first kappa shape index (κ1) is 16.0. The molecular formula is C14H20N2O4. The number of rotatable bonds is 9. The van der Waals surface area contributed by atoms with Crippen molar-refractivity contribution in [2.45, 2.75) is 26.2 Å². The Labute approximate surface area is 118 Å². The van der Waals surface area contributed by atoms with Gasteiger partial charge in [-0.25, -0.2) is 4.99 Å². The number of carbonyl (C=O) groups is 1. The number of aliphatic imine (C=N–C) groups is 1. The van der Waals surface area contributed by atoms with Crippen molar-refractivity contribution in [1.82, 2.24) is 5.48 Å². The van der Waals surface area contributed by atoms with Gasteiger partial charge in [0, 0.05) is 6.42 Å². The number of esters is 1. The molecule has 20 heavy (non-hydrogen) atoms. The molecule has 0 saturated heterocycles. The van der Waals surface area contributed by atoms with E-state index in [1.165, 1.54) is 6.34 Å². The lowest BCUT2D eigenvalue weighted by atomic mass is 10.2. The topological polar surface area (TPSA) is 80.2 Å². The largest absolute Gasteiger partial charge is 0.494 e. The van der Waals surface area contributed by atoms with E-state index in [4.69, 9.17) is 14.7 Å². The van der Waals surface area contributed by atoms with E-state index in [9.17, 15) is 4.79 Å². The van der Waals surface area contributed by atoms with Gasteiger partial charge < -0.3 is 9.47 Å². The minimum Gasteiger partial charge on any atom is -0.494 e.